The van der Waals surface area contributed by atoms with E-state index in [2.05, 4.69) is 4.90 Å². The van der Waals surface area contributed by atoms with Crippen molar-refractivity contribution in [1.29, 1.82) is 0 Å². The number of ketones is 1. The van der Waals surface area contributed by atoms with E-state index in [1.54, 1.807) is 6.92 Å². The summed E-state index contributed by atoms with van der Waals surface area (Å²) in [6, 6.07) is 0.197. The van der Waals surface area contributed by atoms with Crippen LogP contribution in [0.2, 0.25) is 0 Å². The summed E-state index contributed by atoms with van der Waals surface area (Å²) in [5.41, 5.74) is 0. The van der Waals surface area contributed by atoms with E-state index in [9.17, 15) is 9.59 Å². The van der Waals surface area contributed by atoms with Gasteiger partial charge in [0.2, 0.25) is 5.91 Å². The van der Waals surface area contributed by atoms with Gasteiger partial charge >= 0.3 is 0 Å². The lowest BCUT2D eigenvalue weighted by atomic mass is 9.95. The zero-order chi connectivity index (χ0) is 14.5. The summed E-state index contributed by atoms with van der Waals surface area (Å²) >= 11 is 0. The molecule has 20 heavy (non-hydrogen) atoms. The Hall–Kier alpha value is -0.900. The number of nitrogens with zero attached hydrogens (tertiary/aromatic N) is 2. The number of Topliss-reactive ketones (excluding diaryl/α,β-unsaturated/α-hetero) is 1. The fraction of sp³-hybridized carbons (Fsp3) is 0.875. The third-order valence-corrected chi connectivity index (χ3v) is 4.72. The molecule has 2 aliphatic heterocycles. The first-order chi connectivity index (χ1) is 9.59. The van der Waals surface area contributed by atoms with Gasteiger partial charge in [-0.25, -0.2) is 0 Å². The molecule has 2 rings (SSSR count). The number of likely N-dealkylation sites (tertiary alicyclic amines) is 2. The number of carbonyl (C=O) groups excluding carboxylic acids is 2. The molecule has 114 valence electrons. The third kappa shape index (κ3) is 3.81. The Bertz CT molecular complexity index is 350. The van der Waals surface area contributed by atoms with Gasteiger partial charge in [-0.3, -0.25) is 14.5 Å². The van der Waals surface area contributed by atoms with Crippen molar-refractivity contribution in [2.24, 2.45) is 0 Å². The molecule has 0 aliphatic carbocycles. The molecule has 0 radical (unpaired) electrons. The molecule has 2 aliphatic rings. The Morgan fingerprint density at radius 2 is 1.70 bits per heavy atom. The molecule has 0 bridgehead atoms. The highest BCUT2D eigenvalue weighted by atomic mass is 16.2. The summed E-state index contributed by atoms with van der Waals surface area (Å²) in [7, 11) is 0. The van der Waals surface area contributed by atoms with E-state index in [0.717, 1.165) is 45.3 Å². The first kappa shape index (κ1) is 15.5. The molecule has 0 aromatic heterocycles. The van der Waals surface area contributed by atoms with Gasteiger partial charge in [0, 0.05) is 25.6 Å². The molecule has 2 saturated heterocycles. The van der Waals surface area contributed by atoms with Crippen LogP contribution >= 0.6 is 0 Å². The molecule has 4 nitrogen and oxygen atoms in total. The summed E-state index contributed by atoms with van der Waals surface area (Å²) in [5, 5.41) is 0. The molecule has 0 N–H and O–H groups in total. The van der Waals surface area contributed by atoms with Crippen LogP contribution in [0.5, 0.6) is 0 Å². The largest absolute Gasteiger partial charge is 0.341 e. The second kappa shape index (κ2) is 7.21. The molecule has 0 saturated carbocycles. The monoisotopic (exact) mass is 280 g/mol. The van der Waals surface area contributed by atoms with Crippen molar-refractivity contribution in [2.75, 3.05) is 19.6 Å². The summed E-state index contributed by atoms with van der Waals surface area (Å²) in [5.74, 6) is 0.500. The van der Waals surface area contributed by atoms with Crippen molar-refractivity contribution in [3.8, 4) is 0 Å². The van der Waals surface area contributed by atoms with Crippen LogP contribution in [0.4, 0.5) is 0 Å². The molecule has 2 unspecified atom stereocenters. The highest BCUT2D eigenvalue weighted by molar-refractivity contribution is 5.82. The van der Waals surface area contributed by atoms with Gasteiger partial charge in [-0.05, 0) is 52.5 Å². The molecule has 2 fully saturated rings. The van der Waals surface area contributed by atoms with E-state index in [1.807, 2.05) is 11.8 Å². The van der Waals surface area contributed by atoms with Crippen molar-refractivity contribution in [3.05, 3.63) is 0 Å². The highest BCUT2D eigenvalue weighted by Crippen LogP contribution is 2.24. The van der Waals surface area contributed by atoms with E-state index < -0.39 is 0 Å². The first-order valence-corrected chi connectivity index (χ1v) is 8.13. The van der Waals surface area contributed by atoms with Gasteiger partial charge in [-0.15, -0.1) is 0 Å². The van der Waals surface area contributed by atoms with Crippen molar-refractivity contribution >= 4 is 11.7 Å². The summed E-state index contributed by atoms with van der Waals surface area (Å²) in [6.07, 6.45) is 7.49. The Morgan fingerprint density at radius 1 is 1.05 bits per heavy atom. The lowest BCUT2D eigenvalue weighted by Gasteiger charge is -2.41. The predicted octanol–water partition coefficient (Wildman–Crippen LogP) is 2.22. The second-order valence-electron chi connectivity index (χ2n) is 6.36. The van der Waals surface area contributed by atoms with Gasteiger partial charge in [0.25, 0.3) is 0 Å². The van der Waals surface area contributed by atoms with Crippen LogP contribution < -0.4 is 0 Å². The smallest absolute Gasteiger partial charge is 0.239 e. The Kier molecular flexibility index (Phi) is 5.58. The second-order valence-corrected chi connectivity index (χ2v) is 6.36. The molecule has 0 aromatic carbocycles. The zero-order valence-corrected chi connectivity index (χ0v) is 12.9. The maximum absolute atomic E-state index is 12.6. The lowest BCUT2D eigenvalue weighted by Crippen LogP contribution is -2.53. The van der Waals surface area contributed by atoms with Crippen molar-refractivity contribution < 1.29 is 9.59 Å². The number of hydrogen-bond donors (Lipinski definition) is 0. The molecule has 0 aromatic rings. The maximum atomic E-state index is 12.6. The minimum Gasteiger partial charge on any atom is -0.341 e. The van der Waals surface area contributed by atoms with Crippen LogP contribution in [0.25, 0.3) is 0 Å². The molecule has 2 heterocycles. The quantitative estimate of drug-likeness (QED) is 0.793. The van der Waals surface area contributed by atoms with Crippen molar-refractivity contribution in [2.45, 2.75) is 70.9 Å². The minimum absolute atomic E-state index is 0.0715. The number of hydrogen-bond acceptors (Lipinski definition) is 3. The fourth-order valence-corrected chi connectivity index (χ4v) is 3.60. The minimum atomic E-state index is -0.0715. The maximum Gasteiger partial charge on any atom is 0.239 e. The Labute approximate surface area is 122 Å². The average Bonchev–Trinajstić information content (AvgIpc) is 2.46. The molecule has 4 heteroatoms. The van der Waals surface area contributed by atoms with Crippen LogP contribution in [-0.4, -0.2) is 53.2 Å². The van der Waals surface area contributed by atoms with Crippen LogP contribution in [0.3, 0.4) is 0 Å². The molecule has 2 atom stereocenters. The van der Waals surface area contributed by atoms with E-state index in [0.29, 0.717) is 6.42 Å². The van der Waals surface area contributed by atoms with Gasteiger partial charge in [-0.1, -0.05) is 6.42 Å². The van der Waals surface area contributed by atoms with Crippen molar-refractivity contribution in [1.82, 2.24) is 9.80 Å². The summed E-state index contributed by atoms with van der Waals surface area (Å²) < 4.78 is 0. The van der Waals surface area contributed by atoms with Gasteiger partial charge in [0.1, 0.15) is 5.78 Å². The van der Waals surface area contributed by atoms with E-state index in [-0.39, 0.29) is 23.8 Å². The lowest BCUT2D eigenvalue weighted by molar-refractivity contribution is -0.139. The number of amides is 1. The average molecular weight is 280 g/mol. The zero-order valence-electron chi connectivity index (χ0n) is 12.9. The summed E-state index contributed by atoms with van der Waals surface area (Å²) in [6.45, 7) is 6.46. The van der Waals surface area contributed by atoms with Gasteiger partial charge < -0.3 is 4.90 Å². The Balaban J connectivity index is 1.98. The molecular weight excluding hydrogens is 252 g/mol. The van der Waals surface area contributed by atoms with Crippen molar-refractivity contribution in [3.63, 3.8) is 0 Å². The fourth-order valence-electron chi connectivity index (χ4n) is 3.60. The third-order valence-electron chi connectivity index (χ3n) is 4.72. The van der Waals surface area contributed by atoms with Gasteiger partial charge in [0.15, 0.2) is 0 Å². The van der Waals surface area contributed by atoms with Gasteiger partial charge in [-0.2, -0.15) is 0 Å². The highest BCUT2D eigenvalue weighted by Gasteiger charge is 2.33. The van der Waals surface area contributed by atoms with E-state index in [1.165, 1.54) is 12.8 Å². The van der Waals surface area contributed by atoms with Crippen LogP contribution in [-0.2, 0) is 9.59 Å². The topological polar surface area (TPSA) is 40.6 Å². The SMILES string of the molecule is CC(=O)CC1CCCCN1C(C)C(=O)N1CCCCC1. The number of carbonyl (C=O) groups is 2. The molecular formula is C16H28N2O2. The van der Waals surface area contributed by atoms with E-state index in [4.69, 9.17) is 0 Å². The summed E-state index contributed by atoms with van der Waals surface area (Å²) in [4.78, 5) is 28.4. The Morgan fingerprint density at radius 3 is 2.35 bits per heavy atom. The van der Waals surface area contributed by atoms with E-state index >= 15 is 0 Å². The standard InChI is InChI=1S/C16H28N2O2/c1-13(19)12-15-8-4-7-11-18(15)14(2)16(20)17-9-5-3-6-10-17/h14-15H,3-12H2,1-2H3. The number of piperidine rings is 2. The van der Waals surface area contributed by atoms with Crippen LogP contribution in [0, 0.1) is 0 Å². The van der Waals surface area contributed by atoms with Crippen LogP contribution in [0.1, 0.15) is 58.8 Å². The van der Waals surface area contributed by atoms with Gasteiger partial charge in [0.05, 0.1) is 6.04 Å². The first-order valence-electron chi connectivity index (χ1n) is 8.13. The molecule has 1 amide bonds. The predicted molar refractivity (Wildman–Crippen MR) is 79.5 cm³/mol. The normalized spacial score (nSPS) is 26.3. The number of rotatable bonds is 4. The molecule has 0 spiro atoms. The van der Waals surface area contributed by atoms with Crippen LogP contribution in [0.15, 0.2) is 0 Å².